The van der Waals surface area contributed by atoms with Gasteiger partial charge in [-0.15, -0.1) is 0 Å². The summed E-state index contributed by atoms with van der Waals surface area (Å²) in [4.78, 5) is 0. The van der Waals surface area contributed by atoms with E-state index in [2.05, 4.69) is 20.8 Å². The van der Waals surface area contributed by atoms with Crippen LogP contribution in [0.5, 0.6) is 0 Å². The third-order valence-electron chi connectivity index (χ3n) is 4.27. The summed E-state index contributed by atoms with van der Waals surface area (Å²) in [5.41, 5.74) is -0.324. The molecule has 0 aromatic heterocycles. The summed E-state index contributed by atoms with van der Waals surface area (Å²) in [6, 6.07) is 0. The number of ether oxygens (including phenoxy) is 3. The standard InChI is InChI=1S/C13H22O3/c1-8-6-12(4)9-10(13(5,7-8)16-12)15-11(2,3)14-9/h8-10H,6-7H2,1-5H3/t8-,9-,10+,12+,13-. The van der Waals surface area contributed by atoms with Gasteiger partial charge in [-0.05, 0) is 46.5 Å². The van der Waals surface area contributed by atoms with Gasteiger partial charge in [-0.3, -0.25) is 0 Å². The molecule has 0 saturated carbocycles. The van der Waals surface area contributed by atoms with Crippen LogP contribution in [-0.2, 0) is 14.2 Å². The third-order valence-corrected chi connectivity index (χ3v) is 4.27. The summed E-state index contributed by atoms with van der Waals surface area (Å²) in [6.07, 6.45) is 2.33. The highest BCUT2D eigenvalue weighted by Gasteiger charge is 2.67. The highest BCUT2D eigenvalue weighted by molar-refractivity contribution is 5.14. The normalized spacial score (nSPS) is 58.7. The summed E-state index contributed by atoms with van der Waals surface area (Å²) >= 11 is 0. The van der Waals surface area contributed by atoms with Crippen LogP contribution in [0.25, 0.3) is 0 Å². The van der Waals surface area contributed by atoms with Crippen molar-refractivity contribution in [1.82, 2.24) is 0 Å². The molecule has 3 fully saturated rings. The lowest BCUT2D eigenvalue weighted by atomic mass is 9.86. The summed E-state index contributed by atoms with van der Waals surface area (Å²) in [6.45, 7) is 10.6. The predicted molar refractivity (Wildman–Crippen MR) is 60.1 cm³/mol. The Labute approximate surface area is 97.4 Å². The largest absolute Gasteiger partial charge is 0.363 e. The van der Waals surface area contributed by atoms with Crippen LogP contribution in [0, 0.1) is 5.92 Å². The molecule has 0 N–H and O–H groups in total. The van der Waals surface area contributed by atoms with Crippen molar-refractivity contribution in [2.45, 2.75) is 76.7 Å². The van der Waals surface area contributed by atoms with Gasteiger partial charge in [-0.2, -0.15) is 0 Å². The average molecular weight is 226 g/mol. The Morgan fingerprint density at radius 3 is 1.75 bits per heavy atom. The zero-order chi connectivity index (χ0) is 11.8. The maximum Gasteiger partial charge on any atom is 0.164 e. The lowest BCUT2D eigenvalue weighted by Gasteiger charge is -2.42. The first-order chi connectivity index (χ1) is 7.24. The fraction of sp³-hybridized carbons (Fsp3) is 1.00. The molecule has 0 spiro atoms. The van der Waals surface area contributed by atoms with Gasteiger partial charge in [0.25, 0.3) is 0 Å². The molecule has 3 saturated heterocycles. The van der Waals surface area contributed by atoms with E-state index in [9.17, 15) is 0 Å². The van der Waals surface area contributed by atoms with Crippen LogP contribution < -0.4 is 0 Å². The Hall–Kier alpha value is -0.120. The molecule has 0 aliphatic carbocycles. The molecule has 3 rings (SSSR count). The minimum Gasteiger partial charge on any atom is -0.363 e. The van der Waals surface area contributed by atoms with Crippen molar-refractivity contribution in [3.05, 3.63) is 0 Å². The molecular weight excluding hydrogens is 204 g/mol. The molecule has 0 aromatic carbocycles. The quantitative estimate of drug-likeness (QED) is 0.635. The molecule has 0 unspecified atom stereocenters. The van der Waals surface area contributed by atoms with Crippen molar-refractivity contribution in [2.24, 2.45) is 5.92 Å². The van der Waals surface area contributed by atoms with E-state index in [0.29, 0.717) is 5.92 Å². The topological polar surface area (TPSA) is 27.7 Å². The van der Waals surface area contributed by atoms with E-state index in [1.807, 2.05) is 13.8 Å². The number of rotatable bonds is 0. The molecule has 0 aromatic rings. The Bertz CT molecular complexity index is 299. The first-order valence-electron chi connectivity index (χ1n) is 6.30. The van der Waals surface area contributed by atoms with Crippen LogP contribution in [-0.4, -0.2) is 29.2 Å². The maximum absolute atomic E-state index is 6.25. The minimum atomic E-state index is -0.456. The lowest BCUT2D eigenvalue weighted by Crippen LogP contribution is -2.46. The summed E-state index contributed by atoms with van der Waals surface area (Å²) in [5.74, 6) is 0.229. The van der Waals surface area contributed by atoms with E-state index in [1.54, 1.807) is 0 Å². The second-order valence-corrected chi connectivity index (χ2v) is 6.72. The van der Waals surface area contributed by atoms with E-state index in [1.165, 1.54) is 0 Å². The molecule has 3 aliphatic rings. The zero-order valence-electron chi connectivity index (χ0n) is 10.9. The second-order valence-electron chi connectivity index (χ2n) is 6.72. The average Bonchev–Trinajstić information content (AvgIpc) is 2.45. The highest BCUT2D eigenvalue weighted by Crippen LogP contribution is 2.56. The summed E-state index contributed by atoms with van der Waals surface area (Å²) in [7, 11) is 0. The van der Waals surface area contributed by atoms with Crippen molar-refractivity contribution >= 4 is 0 Å². The van der Waals surface area contributed by atoms with Crippen molar-refractivity contribution in [2.75, 3.05) is 0 Å². The van der Waals surface area contributed by atoms with Crippen LogP contribution >= 0.6 is 0 Å². The Kier molecular flexibility index (Phi) is 1.94. The van der Waals surface area contributed by atoms with Crippen LogP contribution in [0.3, 0.4) is 0 Å². The second kappa shape index (κ2) is 2.82. The molecule has 3 heteroatoms. The van der Waals surface area contributed by atoms with Gasteiger partial charge in [0.1, 0.15) is 12.2 Å². The van der Waals surface area contributed by atoms with E-state index in [4.69, 9.17) is 14.2 Å². The monoisotopic (exact) mass is 226 g/mol. The molecule has 16 heavy (non-hydrogen) atoms. The Morgan fingerprint density at radius 1 is 0.875 bits per heavy atom. The zero-order valence-corrected chi connectivity index (χ0v) is 10.9. The first-order valence-corrected chi connectivity index (χ1v) is 6.30. The van der Waals surface area contributed by atoms with Gasteiger partial charge in [0, 0.05) is 0 Å². The van der Waals surface area contributed by atoms with Crippen LogP contribution in [0.1, 0.15) is 47.5 Å². The lowest BCUT2D eigenvalue weighted by molar-refractivity contribution is -0.245. The predicted octanol–water partition coefficient (Wildman–Crippen LogP) is 2.48. The van der Waals surface area contributed by atoms with Crippen LogP contribution in [0.2, 0.25) is 0 Å². The van der Waals surface area contributed by atoms with Gasteiger partial charge < -0.3 is 14.2 Å². The van der Waals surface area contributed by atoms with E-state index in [-0.39, 0.29) is 23.4 Å². The highest BCUT2D eigenvalue weighted by atomic mass is 16.8. The van der Waals surface area contributed by atoms with Gasteiger partial charge >= 0.3 is 0 Å². The van der Waals surface area contributed by atoms with Crippen LogP contribution in [0.4, 0.5) is 0 Å². The Balaban J connectivity index is 1.99. The SMILES string of the molecule is C[C@H]1C[C@@]2(C)O[C@@](C)(C1)[C@@H]1OC(C)(C)O[C@@H]12. The number of hydrogen-bond acceptors (Lipinski definition) is 3. The van der Waals surface area contributed by atoms with E-state index >= 15 is 0 Å². The van der Waals surface area contributed by atoms with Gasteiger partial charge in [-0.1, -0.05) is 6.92 Å². The van der Waals surface area contributed by atoms with Gasteiger partial charge in [0.05, 0.1) is 11.2 Å². The molecule has 3 nitrogen and oxygen atoms in total. The molecule has 3 aliphatic heterocycles. The Morgan fingerprint density at radius 2 is 1.31 bits per heavy atom. The van der Waals surface area contributed by atoms with Crippen molar-refractivity contribution in [3.8, 4) is 0 Å². The molecule has 2 bridgehead atoms. The van der Waals surface area contributed by atoms with Gasteiger partial charge in [0.2, 0.25) is 0 Å². The van der Waals surface area contributed by atoms with Crippen molar-refractivity contribution in [3.63, 3.8) is 0 Å². The smallest absolute Gasteiger partial charge is 0.164 e. The van der Waals surface area contributed by atoms with Crippen LogP contribution in [0.15, 0.2) is 0 Å². The summed E-state index contributed by atoms with van der Waals surface area (Å²) < 4.78 is 18.4. The molecular formula is C13H22O3. The molecule has 92 valence electrons. The molecule has 0 amide bonds. The molecule has 5 atom stereocenters. The fourth-order valence-corrected chi connectivity index (χ4v) is 4.07. The van der Waals surface area contributed by atoms with Crippen molar-refractivity contribution in [1.29, 1.82) is 0 Å². The van der Waals surface area contributed by atoms with Crippen molar-refractivity contribution < 1.29 is 14.2 Å². The van der Waals surface area contributed by atoms with Gasteiger partial charge in [-0.25, -0.2) is 0 Å². The third kappa shape index (κ3) is 1.31. The summed E-state index contributed by atoms with van der Waals surface area (Å²) in [5, 5.41) is 0. The molecule has 0 radical (unpaired) electrons. The molecule has 3 heterocycles. The maximum atomic E-state index is 6.25. The van der Waals surface area contributed by atoms with Gasteiger partial charge in [0.15, 0.2) is 5.79 Å². The number of fused-ring (bicyclic) bond motifs is 5. The van der Waals surface area contributed by atoms with E-state index < -0.39 is 5.79 Å². The number of hydrogen-bond donors (Lipinski definition) is 0. The minimum absolute atomic E-state index is 0.0949. The fourth-order valence-electron chi connectivity index (χ4n) is 4.07. The first kappa shape index (κ1) is 11.0. The van der Waals surface area contributed by atoms with E-state index in [0.717, 1.165) is 12.8 Å².